The number of thioether (sulfide) groups is 1. The third kappa shape index (κ3) is 9.56. The first-order valence-corrected chi connectivity index (χ1v) is 9.61. The number of aliphatic hydroxyl groups excluding tert-OH is 2. The van der Waals surface area contributed by atoms with Crippen LogP contribution in [-0.4, -0.2) is 87.9 Å². The SMILES string of the molecule is CSCCC(N)C(=O)NCC(=O)NC(C(=O)NC(C(=O)O)C(C)O)C(C)O. The van der Waals surface area contributed by atoms with E-state index in [1.807, 2.05) is 11.6 Å². The number of amides is 3. The van der Waals surface area contributed by atoms with Gasteiger partial charge in [-0.2, -0.15) is 11.8 Å². The molecule has 8 N–H and O–H groups in total. The molecule has 0 rings (SSSR count). The molecule has 0 aliphatic carbocycles. The van der Waals surface area contributed by atoms with Crippen LogP contribution in [0.1, 0.15) is 20.3 Å². The topological polar surface area (TPSA) is 191 Å². The van der Waals surface area contributed by atoms with Crippen LogP contribution in [0.25, 0.3) is 0 Å². The Bertz CT molecular complexity index is 530. The van der Waals surface area contributed by atoms with E-state index in [2.05, 4.69) is 10.6 Å². The summed E-state index contributed by atoms with van der Waals surface area (Å²) in [4.78, 5) is 46.8. The molecular formula is C15H28N4O7S. The maximum atomic E-state index is 12.1. The number of carbonyl (C=O) groups excluding carboxylic acids is 3. The molecule has 156 valence electrons. The van der Waals surface area contributed by atoms with E-state index in [9.17, 15) is 29.4 Å². The summed E-state index contributed by atoms with van der Waals surface area (Å²) in [5.41, 5.74) is 5.66. The second-order valence-electron chi connectivity index (χ2n) is 5.96. The summed E-state index contributed by atoms with van der Waals surface area (Å²) in [6, 6.07) is -3.85. The summed E-state index contributed by atoms with van der Waals surface area (Å²) in [7, 11) is 0. The lowest BCUT2D eigenvalue weighted by atomic mass is 10.1. The molecule has 0 spiro atoms. The predicted octanol–water partition coefficient (Wildman–Crippen LogP) is -3.00. The molecule has 5 unspecified atom stereocenters. The Morgan fingerprint density at radius 2 is 1.56 bits per heavy atom. The average molecular weight is 408 g/mol. The minimum atomic E-state index is -1.61. The van der Waals surface area contributed by atoms with E-state index in [4.69, 9.17) is 10.8 Å². The summed E-state index contributed by atoms with van der Waals surface area (Å²) in [6.07, 6.45) is -0.439. The summed E-state index contributed by atoms with van der Waals surface area (Å²) in [5.74, 6) is -3.09. The molecule has 0 bridgehead atoms. The lowest BCUT2D eigenvalue weighted by Crippen LogP contribution is -2.59. The first-order chi connectivity index (χ1) is 12.5. The van der Waals surface area contributed by atoms with E-state index in [0.29, 0.717) is 12.2 Å². The van der Waals surface area contributed by atoms with Crippen LogP contribution in [0.15, 0.2) is 0 Å². The van der Waals surface area contributed by atoms with E-state index in [1.54, 1.807) is 0 Å². The maximum Gasteiger partial charge on any atom is 0.328 e. The van der Waals surface area contributed by atoms with Gasteiger partial charge in [-0.3, -0.25) is 14.4 Å². The zero-order valence-electron chi connectivity index (χ0n) is 15.5. The quantitative estimate of drug-likeness (QED) is 0.176. The third-order valence-corrected chi connectivity index (χ3v) is 4.16. The molecular weight excluding hydrogens is 380 g/mol. The fourth-order valence-corrected chi connectivity index (χ4v) is 2.43. The Balaban J connectivity index is 4.72. The zero-order valence-corrected chi connectivity index (χ0v) is 16.3. The van der Waals surface area contributed by atoms with Crippen LogP contribution in [-0.2, 0) is 19.2 Å². The van der Waals surface area contributed by atoms with Crippen molar-refractivity contribution in [3.63, 3.8) is 0 Å². The summed E-state index contributed by atoms with van der Waals surface area (Å²) in [6.45, 7) is 1.92. The Kier molecular flexibility index (Phi) is 11.6. The Morgan fingerprint density at radius 3 is 2.00 bits per heavy atom. The number of carbonyl (C=O) groups is 4. The molecule has 12 heteroatoms. The number of hydrogen-bond donors (Lipinski definition) is 7. The molecule has 0 heterocycles. The van der Waals surface area contributed by atoms with Crippen molar-refractivity contribution in [2.75, 3.05) is 18.6 Å². The Labute approximate surface area is 161 Å². The van der Waals surface area contributed by atoms with Gasteiger partial charge < -0.3 is 37.0 Å². The number of aliphatic carboxylic acids is 1. The van der Waals surface area contributed by atoms with Crippen molar-refractivity contribution >= 4 is 35.5 Å². The fourth-order valence-electron chi connectivity index (χ4n) is 1.94. The third-order valence-electron chi connectivity index (χ3n) is 3.52. The van der Waals surface area contributed by atoms with E-state index in [0.717, 1.165) is 0 Å². The van der Waals surface area contributed by atoms with Crippen LogP contribution in [0, 0.1) is 0 Å². The first-order valence-electron chi connectivity index (χ1n) is 8.22. The van der Waals surface area contributed by atoms with Gasteiger partial charge in [0.1, 0.15) is 6.04 Å². The van der Waals surface area contributed by atoms with Crippen LogP contribution in [0.3, 0.4) is 0 Å². The van der Waals surface area contributed by atoms with Crippen LogP contribution >= 0.6 is 11.8 Å². The number of aliphatic hydroxyl groups is 2. The molecule has 0 aliphatic rings. The van der Waals surface area contributed by atoms with Crippen molar-refractivity contribution in [2.45, 2.75) is 50.6 Å². The van der Waals surface area contributed by atoms with Gasteiger partial charge in [-0.25, -0.2) is 4.79 Å². The van der Waals surface area contributed by atoms with Gasteiger partial charge in [0.25, 0.3) is 0 Å². The highest BCUT2D eigenvalue weighted by Crippen LogP contribution is 2.00. The number of rotatable bonds is 12. The van der Waals surface area contributed by atoms with Gasteiger partial charge in [-0.15, -0.1) is 0 Å². The highest BCUT2D eigenvalue weighted by molar-refractivity contribution is 7.98. The van der Waals surface area contributed by atoms with Crippen molar-refractivity contribution in [1.82, 2.24) is 16.0 Å². The lowest BCUT2D eigenvalue weighted by molar-refractivity contribution is -0.145. The first kappa shape index (κ1) is 25.1. The summed E-state index contributed by atoms with van der Waals surface area (Å²) < 4.78 is 0. The monoisotopic (exact) mass is 408 g/mol. The minimum absolute atomic E-state index is 0.434. The Morgan fingerprint density at radius 1 is 1.00 bits per heavy atom. The predicted molar refractivity (Wildman–Crippen MR) is 98.8 cm³/mol. The zero-order chi connectivity index (χ0) is 21.1. The van der Waals surface area contributed by atoms with Crippen LogP contribution < -0.4 is 21.7 Å². The molecule has 0 aromatic carbocycles. The van der Waals surface area contributed by atoms with Gasteiger partial charge >= 0.3 is 5.97 Å². The fraction of sp³-hybridized carbons (Fsp3) is 0.733. The van der Waals surface area contributed by atoms with Crippen molar-refractivity contribution in [3.05, 3.63) is 0 Å². The molecule has 3 amide bonds. The molecule has 0 radical (unpaired) electrons. The summed E-state index contributed by atoms with van der Waals surface area (Å²) in [5, 5.41) is 34.6. The average Bonchev–Trinajstić information content (AvgIpc) is 2.58. The summed E-state index contributed by atoms with van der Waals surface area (Å²) >= 11 is 1.52. The van der Waals surface area contributed by atoms with Gasteiger partial charge in [-0.05, 0) is 32.3 Å². The maximum absolute atomic E-state index is 12.1. The number of nitrogens with one attached hydrogen (secondary N) is 3. The van der Waals surface area contributed by atoms with E-state index in [1.165, 1.54) is 25.6 Å². The second-order valence-corrected chi connectivity index (χ2v) is 6.94. The smallest absolute Gasteiger partial charge is 0.328 e. The Hall–Kier alpha value is -1.89. The van der Waals surface area contributed by atoms with E-state index in [-0.39, 0.29) is 0 Å². The van der Waals surface area contributed by atoms with E-state index < -0.39 is 60.6 Å². The van der Waals surface area contributed by atoms with Gasteiger partial charge in [0.05, 0.1) is 24.8 Å². The van der Waals surface area contributed by atoms with Crippen molar-refractivity contribution < 1.29 is 34.5 Å². The number of carboxylic acids is 1. The van der Waals surface area contributed by atoms with Crippen molar-refractivity contribution in [2.24, 2.45) is 5.73 Å². The molecule has 0 saturated carbocycles. The van der Waals surface area contributed by atoms with Crippen LogP contribution in [0.5, 0.6) is 0 Å². The number of hydrogen-bond acceptors (Lipinski definition) is 8. The second kappa shape index (κ2) is 12.5. The molecule has 0 aromatic heterocycles. The van der Waals surface area contributed by atoms with Gasteiger partial charge in [-0.1, -0.05) is 0 Å². The van der Waals surface area contributed by atoms with Crippen molar-refractivity contribution in [3.8, 4) is 0 Å². The molecule has 27 heavy (non-hydrogen) atoms. The van der Waals surface area contributed by atoms with Crippen LogP contribution in [0.4, 0.5) is 0 Å². The molecule has 0 saturated heterocycles. The normalized spacial score (nSPS) is 16.4. The molecule has 0 fully saturated rings. The van der Waals surface area contributed by atoms with Gasteiger partial charge in [0.2, 0.25) is 17.7 Å². The van der Waals surface area contributed by atoms with Gasteiger partial charge in [0.15, 0.2) is 6.04 Å². The number of carboxylic acid groups (broad SMARTS) is 1. The van der Waals surface area contributed by atoms with E-state index >= 15 is 0 Å². The molecule has 5 atom stereocenters. The largest absolute Gasteiger partial charge is 0.480 e. The molecule has 11 nitrogen and oxygen atoms in total. The highest BCUT2D eigenvalue weighted by Gasteiger charge is 2.31. The van der Waals surface area contributed by atoms with Crippen LogP contribution in [0.2, 0.25) is 0 Å². The lowest BCUT2D eigenvalue weighted by Gasteiger charge is -2.24. The molecule has 0 aromatic rings. The molecule has 0 aliphatic heterocycles. The minimum Gasteiger partial charge on any atom is -0.480 e. The number of nitrogens with two attached hydrogens (primary N) is 1. The highest BCUT2D eigenvalue weighted by atomic mass is 32.2. The van der Waals surface area contributed by atoms with Gasteiger partial charge in [0, 0.05) is 0 Å². The van der Waals surface area contributed by atoms with Crippen molar-refractivity contribution in [1.29, 1.82) is 0 Å². The standard InChI is InChI=1S/C15H28N4O7S/c1-7(20)11(14(24)19-12(8(2)21)15(25)26)18-10(22)6-17-13(23)9(16)4-5-27-3/h7-9,11-12,20-21H,4-6,16H2,1-3H3,(H,17,23)(H,18,22)(H,19,24)(H,25,26).